The van der Waals surface area contributed by atoms with E-state index in [1.165, 1.54) is 0 Å². The van der Waals surface area contributed by atoms with Gasteiger partial charge in [-0.1, -0.05) is 6.42 Å². The van der Waals surface area contributed by atoms with Gasteiger partial charge in [0.15, 0.2) is 0 Å². The molecule has 0 aliphatic rings. The largest absolute Gasteiger partial charge is 0.492 e. The molecule has 6 heteroatoms. The zero-order valence-electron chi connectivity index (χ0n) is 6.85. The molecule has 0 aliphatic heterocycles. The van der Waals surface area contributed by atoms with Crippen LogP contribution in [0.4, 0.5) is 0 Å². The lowest BCUT2D eigenvalue weighted by Crippen LogP contribution is -2.34. The Morgan fingerprint density at radius 2 is 1.67 bits per heavy atom. The van der Waals surface area contributed by atoms with Crippen molar-refractivity contribution < 1.29 is 24.6 Å². The summed E-state index contributed by atoms with van der Waals surface area (Å²) in [7, 11) is -3.88. The standard InChI is InChI=1S/C6H16O5Si/c7-5-6(8)3-1-2-4-12(9,10)11/h6-11H,1-5H2. The molecule has 0 amide bonds. The number of aliphatic hydroxyl groups excluding tert-OH is 2. The topological polar surface area (TPSA) is 101 Å². The third-order valence-corrected chi connectivity index (χ3v) is 2.53. The summed E-state index contributed by atoms with van der Waals surface area (Å²) in [5, 5.41) is 17.3. The second-order valence-electron chi connectivity index (χ2n) is 2.86. The Bertz CT molecular complexity index is 113. The summed E-state index contributed by atoms with van der Waals surface area (Å²) in [6, 6.07) is -0.00878. The zero-order chi connectivity index (χ0) is 9.61. The van der Waals surface area contributed by atoms with Crippen molar-refractivity contribution in [3.05, 3.63) is 0 Å². The summed E-state index contributed by atoms with van der Waals surface area (Å²) in [6.45, 7) is -0.278. The average Bonchev–Trinajstić information content (AvgIpc) is 1.96. The van der Waals surface area contributed by atoms with E-state index in [0.29, 0.717) is 19.3 Å². The van der Waals surface area contributed by atoms with Crippen LogP contribution in [0.5, 0.6) is 0 Å². The quantitative estimate of drug-likeness (QED) is 0.261. The maximum Gasteiger partial charge on any atom is 0.492 e. The highest BCUT2D eigenvalue weighted by Crippen LogP contribution is 2.08. The Kier molecular flexibility index (Phi) is 5.63. The molecule has 5 N–H and O–H groups in total. The lowest BCUT2D eigenvalue weighted by Gasteiger charge is -2.09. The molecule has 0 aliphatic carbocycles. The number of hydrogen-bond donors (Lipinski definition) is 5. The minimum atomic E-state index is -3.88. The van der Waals surface area contributed by atoms with Crippen LogP contribution in [0, 0.1) is 0 Å². The number of hydrogen-bond acceptors (Lipinski definition) is 5. The second kappa shape index (κ2) is 5.63. The first-order chi connectivity index (χ1) is 5.45. The first kappa shape index (κ1) is 12.0. The van der Waals surface area contributed by atoms with E-state index in [2.05, 4.69) is 0 Å². The van der Waals surface area contributed by atoms with Crippen molar-refractivity contribution in [2.75, 3.05) is 6.61 Å². The van der Waals surface area contributed by atoms with Crippen LogP contribution in [0.25, 0.3) is 0 Å². The first-order valence-electron chi connectivity index (χ1n) is 3.92. The first-order valence-corrected chi connectivity index (χ1v) is 5.96. The molecule has 0 bridgehead atoms. The fourth-order valence-electron chi connectivity index (χ4n) is 0.833. The molecule has 0 saturated carbocycles. The van der Waals surface area contributed by atoms with Gasteiger partial charge < -0.3 is 24.6 Å². The predicted octanol–water partition coefficient (Wildman–Crippen LogP) is -1.57. The van der Waals surface area contributed by atoms with Crippen LogP contribution >= 0.6 is 0 Å². The molecule has 0 heterocycles. The van der Waals surface area contributed by atoms with E-state index in [0.717, 1.165) is 0 Å². The Labute approximate surface area is 72.3 Å². The van der Waals surface area contributed by atoms with E-state index in [9.17, 15) is 0 Å². The van der Waals surface area contributed by atoms with Crippen molar-refractivity contribution in [2.24, 2.45) is 0 Å². The van der Waals surface area contributed by atoms with E-state index >= 15 is 0 Å². The van der Waals surface area contributed by atoms with Gasteiger partial charge in [-0.05, 0) is 12.8 Å². The molecule has 0 saturated heterocycles. The van der Waals surface area contributed by atoms with Gasteiger partial charge >= 0.3 is 8.80 Å². The molecule has 1 atom stereocenters. The van der Waals surface area contributed by atoms with Gasteiger partial charge in [-0.25, -0.2) is 0 Å². The van der Waals surface area contributed by atoms with Gasteiger partial charge in [0.2, 0.25) is 0 Å². The van der Waals surface area contributed by atoms with Gasteiger partial charge in [0.05, 0.1) is 12.7 Å². The van der Waals surface area contributed by atoms with Crippen LogP contribution < -0.4 is 0 Å². The Morgan fingerprint density at radius 1 is 1.08 bits per heavy atom. The third kappa shape index (κ3) is 8.12. The molecule has 0 spiro atoms. The van der Waals surface area contributed by atoms with Crippen molar-refractivity contribution in [1.29, 1.82) is 0 Å². The molecular weight excluding hydrogens is 180 g/mol. The van der Waals surface area contributed by atoms with Gasteiger partial charge in [-0.15, -0.1) is 0 Å². The molecule has 74 valence electrons. The fourth-order valence-corrected chi connectivity index (χ4v) is 1.56. The smallest absolute Gasteiger partial charge is 0.394 e. The van der Waals surface area contributed by atoms with Gasteiger partial charge in [-0.2, -0.15) is 0 Å². The van der Waals surface area contributed by atoms with Crippen molar-refractivity contribution >= 4 is 8.80 Å². The van der Waals surface area contributed by atoms with E-state index < -0.39 is 14.9 Å². The molecule has 0 aromatic carbocycles. The van der Waals surface area contributed by atoms with Crippen LogP contribution in [0.1, 0.15) is 19.3 Å². The summed E-state index contributed by atoms with van der Waals surface area (Å²) in [6.07, 6.45) is 0.698. The maximum absolute atomic E-state index is 8.86. The average molecular weight is 196 g/mol. The molecule has 0 radical (unpaired) electrons. The number of rotatable bonds is 6. The molecule has 1 unspecified atom stereocenters. The van der Waals surface area contributed by atoms with E-state index in [1.807, 2.05) is 0 Å². The van der Waals surface area contributed by atoms with E-state index in [-0.39, 0.29) is 12.7 Å². The SMILES string of the molecule is OCC(O)CCCC[Si](O)(O)O. The summed E-state index contributed by atoms with van der Waals surface area (Å²) < 4.78 is 0. The minimum Gasteiger partial charge on any atom is -0.394 e. The molecule has 0 fully saturated rings. The van der Waals surface area contributed by atoms with E-state index in [4.69, 9.17) is 24.6 Å². The Morgan fingerprint density at radius 3 is 2.08 bits per heavy atom. The van der Waals surface area contributed by atoms with Gasteiger partial charge in [0.25, 0.3) is 0 Å². The fraction of sp³-hybridized carbons (Fsp3) is 1.00. The van der Waals surface area contributed by atoms with E-state index in [1.54, 1.807) is 0 Å². The Hall–Kier alpha value is 0.0169. The normalized spacial score (nSPS) is 14.8. The predicted molar refractivity (Wildman–Crippen MR) is 44.2 cm³/mol. The van der Waals surface area contributed by atoms with Gasteiger partial charge in [0.1, 0.15) is 0 Å². The number of aliphatic hydroxyl groups is 2. The molecular formula is C6H16O5Si. The van der Waals surface area contributed by atoms with Crippen LogP contribution in [-0.4, -0.2) is 46.1 Å². The summed E-state index contributed by atoms with van der Waals surface area (Å²) in [4.78, 5) is 25.7. The lowest BCUT2D eigenvalue weighted by atomic mass is 10.2. The van der Waals surface area contributed by atoms with Crippen LogP contribution in [0.15, 0.2) is 0 Å². The van der Waals surface area contributed by atoms with Crippen molar-refractivity contribution in [3.63, 3.8) is 0 Å². The summed E-state index contributed by atoms with van der Waals surface area (Å²) in [5.74, 6) is 0. The van der Waals surface area contributed by atoms with Gasteiger partial charge in [0, 0.05) is 6.04 Å². The molecule has 5 nitrogen and oxygen atoms in total. The highest BCUT2D eigenvalue weighted by molar-refractivity contribution is 6.56. The van der Waals surface area contributed by atoms with Gasteiger partial charge in [-0.3, -0.25) is 0 Å². The van der Waals surface area contributed by atoms with Crippen molar-refractivity contribution in [2.45, 2.75) is 31.4 Å². The molecule has 0 rings (SSSR count). The lowest BCUT2D eigenvalue weighted by molar-refractivity contribution is 0.0861. The monoisotopic (exact) mass is 196 g/mol. The second-order valence-corrected chi connectivity index (χ2v) is 4.91. The third-order valence-electron chi connectivity index (χ3n) is 1.51. The Balaban J connectivity index is 3.22. The molecule has 12 heavy (non-hydrogen) atoms. The molecule has 0 aromatic rings. The highest BCUT2D eigenvalue weighted by atomic mass is 28.4. The summed E-state index contributed by atoms with van der Waals surface area (Å²) >= 11 is 0. The minimum absolute atomic E-state index is 0.00878. The maximum atomic E-state index is 8.86. The number of unbranched alkanes of at least 4 members (excludes halogenated alkanes) is 1. The van der Waals surface area contributed by atoms with Crippen molar-refractivity contribution in [1.82, 2.24) is 0 Å². The van der Waals surface area contributed by atoms with Crippen LogP contribution in [0.2, 0.25) is 6.04 Å². The van der Waals surface area contributed by atoms with Crippen molar-refractivity contribution in [3.8, 4) is 0 Å². The van der Waals surface area contributed by atoms with Crippen LogP contribution in [0.3, 0.4) is 0 Å². The summed E-state index contributed by atoms with van der Waals surface area (Å²) in [5.41, 5.74) is 0. The van der Waals surface area contributed by atoms with Crippen LogP contribution in [-0.2, 0) is 0 Å². The highest BCUT2D eigenvalue weighted by Gasteiger charge is 2.25. The molecule has 0 aromatic heterocycles. The zero-order valence-corrected chi connectivity index (χ0v) is 7.85.